The van der Waals surface area contributed by atoms with Gasteiger partial charge in [0.05, 0.1) is 13.7 Å². The predicted octanol–water partition coefficient (Wildman–Crippen LogP) is 1.76. The minimum Gasteiger partial charge on any atom is -0.375 e. The van der Waals surface area contributed by atoms with Gasteiger partial charge in [0.15, 0.2) is 0 Å². The lowest BCUT2D eigenvalue weighted by Crippen LogP contribution is -1.85. The van der Waals surface area contributed by atoms with Crippen molar-refractivity contribution in [3.63, 3.8) is 0 Å². The molecule has 7 heavy (non-hydrogen) atoms. The Hall–Kier alpha value is -0.300. The normalized spacial score (nSPS) is 12.1. The molecule has 0 aromatic rings. The van der Waals surface area contributed by atoms with E-state index in [-0.39, 0.29) is 0 Å². The molecule has 0 aromatic heterocycles. The summed E-state index contributed by atoms with van der Waals surface area (Å²) in [5.74, 6) is 0. The first-order valence-electron chi connectivity index (χ1n) is 2.30. The maximum atomic E-state index is 4.58. The number of allylic oxidation sites excluding steroid dienone is 1. The van der Waals surface area contributed by atoms with Crippen LogP contribution in [0.5, 0.6) is 0 Å². The van der Waals surface area contributed by atoms with Gasteiger partial charge < -0.3 is 4.74 Å². The van der Waals surface area contributed by atoms with Gasteiger partial charge in [0.25, 0.3) is 0 Å². The monoisotopic (exact) mass is 99.1 g/mol. The lowest BCUT2D eigenvalue weighted by molar-refractivity contribution is 0.272. The van der Waals surface area contributed by atoms with Crippen molar-refractivity contribution in [1.82, 2.24) is 0 Å². The van der Waals surface area contributed by atoms with Gasteiger partial charge in [-0.05, 0) is 13.8 Å². The summed E-state index contributed by atoms with van der Waals surface area (Å²) in [4.78, 5) is 0. The third kappa shape index (κ3) is 3.53. The van der Waals surface area contributed by atoms with E-state index >= 15 is 0 Å². The zero-order valence-electron chi connectivity index (χ0n) is 4.90. The van der Waals surface area contributed by atoms with Crippen LogP contribution in [0.15, 0.2) is 11.6 Å². The molecular weight excluding hydrogens is 88.1 g/mol. The van der Waals surface area contributed by atoms with E-state index in [0.717, 1.165) is 0 Å². The molecule has 0 heterocycles. The number of ether oxygens (including phenoxy) is 1. The average Bonchev–Trinajstić information content (AvgIpc) is 1.68. The zero-order chi connectivity index (χ0) is 5.70. The largest absolute Gasteiger partial charge is 0.375 e. The number of rotatable bonds is 2. The highest BCUT2D eigenvalue weighted by molar-refractivity contribution is 4.95. The second-order valence-corrected chi connectivity index (χ2v) is 1.48. The molecule has 1 radical (unpaired) electrons. The second kappa shape index (κ2) is 3.88. The smallest absolute Gasteiger partial charge is 0.0705 e. The van der Waals surface area contributed by atoms with Gasteiger partial charge in [0.2, 0.25) is 0 Å². The first kappa shape index (κ1) is 6.70. The summed E-state index contributed by atoms with van der Waals surface area (Å²) in [5, 5.41) is 0. The lowest BCUT2D eigenvalue weighted by Gasteiger charge is -1.92. The van der Waals surface area contributed by atoms with Gasteiger partial charge in [-0.1, -0.05) is 11.6 Å². The first-order chi connectivity index (χ1) is 3.31. The molecule has 0 rings (SSSR count). The molecule has 0 unspecified atom stereocenters. The van der Waals surface area contributed by atoms with Crippen LogP contribution >= 0.6 is 0 Å². The van der Waals surface area contributed by atoms with Crippen LogP contribution in [-0.2, 0) is 4.74 Å². The molecule has 0 amide bonds. The molecule has 0 aliphatic rings. The average molecular weight is 99.2 g/mol. The van der Waals surface area contributed by atoms with Crippen LogP contribution in [-0.4, -0.2) is 6.61 Å². The van der Waals surface area contributed by atoms with E-state index in [0.29, 0.717) is 6.61 Å². The van der Waals surface area contributed by atoms with Crippen molar-refractivity contribution in [3.8, 4) is 0 Å². The molecule has 0 saturated carbocycles. The molecule has 0 bridgehead atoms. The van der Waals surface area contributed by atoms with Crippen LogP contribution in [0.1, 0.15) is 13.8 Å². The van der Waals surface area contributed by atoms with E-state index in [1.165, 1.54) is 5.57 Å². The number of hydrogen-bond acceptors (Lipinski definition) is 1. The highest BCUT2D eigenvalue weighted by Crippen LogP contribution is 1.89. The molecule has 0 aliphatic carbocycles. The lowest BCUT2D eigenvalue weighted by atomic mass is 10.3. The van der Waals surface area contributed by atoms with Crippen molar-refractivity contribution in [2.45, 2.75) is 13.8 Å². The van der Waals surface area contributed by atoms with E-state index in [9.17, 15) is 0 Å². The molecule has 0 fully saturated rings. The van der Waals surface area contributed by atoms with Crippen LogP contribution < -0.4 is 0 Å². The molecular formula is C6H11O. The molecule has 0 saturated heterocycles. The van der Waals surface area contributed by atoms with Crippen LogP contribution in [0.2, 0.25) is 0 Å². The fourth-order valence-corrected chi connectivity index (χ4v) is 0.244. The maximum Gasteiger partial charge on any atom is 0.0705 e. The van der Waals surface area contributed by atoms with Crippen molar-refractivity contribution in [2.75, 3.05) is 6.61 Å². The second-order valence-electron chi connectivity index (χ2n) is 1.48. The Morgan fingerprint density at radius 3 is 2.57 bits per heavy atom. The van der Waals surface area contributed by atoms with Crippen molar-refractivity contribution >= 4 is 0 Å². The Labute approximate surface area is 45.0 Å². The van der Waals surface area contributed by atoms with Gasteiger partial charge in [-0.3, -0.25) is 0 Å². The summed E-state index contributed by atoms with van der Waals surface area (Å²) in [7, 11) is 3.23. The Morgan fingerprint density at radius 2 is 2.43 bits per heavy atom. The van der Waals surface area contributed by atoms with Crippen LogP contribution in [0, 0.1) is 7.11 Å². The van der Waals surface area contributed by atoms with E-state index in [4.69, 9.17) is 0 Å². The fraction of sp³-hybridized carbons (Fsp3) is 0.500. The van der Waals surface area contributed by atoms with Gasteiger partial charge in [-0.2, -0.15) is 0 Å². The van der Waals surface area contributed by atoms with Crippen molar-refractivity contribution in [3.05, 3.63) is 18.8 Å². The Balaban J connectivity index is 3.17. The highest BCUT2D eigenvalue weighted by Gasteiger charge is 1.79. The van der Waals surface area contributed by atoms with Crippen molar-refractivity contribution in [1.29, 1.82) is 0 Å². The summed E-state index contributed by atoms with van der Waals surface area (Å²) >= 11 is 0. The van der Waals surface area contributed by atoms with Crippen LogP contribution in [0.4, 0.5) is 0 Å². The van der Waals surface area contributed by atoms with Crippen LogP contribution in [0.25, 0.3) is 0 Å². The van der Waals surface area contributed by atoms with Gasteiger partial charge >= 0.3 is 0 Å². The third-order valence-electron chi connectivity index (χ3n) is 0.823. The fourth-order valence-electron chi connectivity index (χ4n) is 0.244. The molecule has 1 heteroatoms. The minimum atomic E-state index is 0.649. The zero-order valence-corrected chi connectivity index (χ0v) is 4.90. The quantitative estimate of drug-likeness (QED) is 0.479. The number of hydrogen-bond donors (Lipinski definition) is 0. The van der Waals surface area contributed by atoms with Gasteiger partial charge in [0.1, 0.15) is 0 Å². The Bertz CT molecular complexity index is 64.6. The minimum absolute atomic E-state index is 0.649. The predicted molar refractivity (Wildman–Crippen MR) is 30.7 cm³/mol. The molecule has 0 N–H and O–H groups in total. The molecule has 0 spiro atoms. The first-order valence-corrected chi connectivity index (χ1v) is 2.30. The Morgan fingerprint density at radius 1 is 1.86 bits per heavy atom. The topological polar surface area (TPSA) is 9.23 Å². The summed E-state index contributed by atoms with van der Waals surface area (Å²) in [6.07, 6.45) is 2.01. The molecule has 41 valence electrons. The third-order valence-corrected chi connectivity index (χ3v) is 0.823. The van der Waals surface area contributed by atoms with Crippen LogP contribution in [0.3, 0.4) is 0 Å². The van der Waals surface area contributed by atoms with Crippen molar-refractivity contribution < 1.29 is 4.74 Å². The van der Waals surface area contributed by atoms with E-state index in [1.807, 2.05) is 19.9 Å². The summed E-state index contributed by atoms with van der Waals surface area (Å²) in [6, 6.07) is 0. The van der Waals surface area contributed by atoms with Gasteiger partial charge in [-0.15, -0.1) is 0 Å². The van der Waals surface area contributed by atoms with E-state index in [1.54, 1.807) is 0 Å². The maximum absolute atomic E-state index is 4.58. The molecule has 0 atom stereocenters. The summed E-state index contributed by atoms with van der Waals surface area (Å²) < 4.78 is 4.58. The molecule has 0 aromatic carbocycles. The van der Waals surface area contributed by atoms with Gasteiger partial charge in [0, 0.05) is 0 Å². The molecule has 1 nitrogen and oxygen atoms in total. The van der Waals surface area contributed by atoms with E-state index < -0.39 is 0 Å². The molecule has 0 aliphatic heterocycles. The van der Waals surface area contributed by atoms with Gasteiger partial charge in [-0.25, -0.2) is 0 Å². The SMILES string of the molecule is [CH2]OCC(C)=CC. The van der Waals surface area contributed by atoms with E-state index in [2.05, 4.69) is 11.8 Å². The summed E-state index contributed by atoms with van der Waals surface area (Å²) in [6.45, 7) is 4.63. The van der Waals surface area contributed by atoms with Crippen molar-refractivity contribution in [2.24, 2.45) is 0 Å². The Kier molecular flexibility index (Phi) is 3.71. The summed E-state index contributed by atoms with van der Waals surface area (Å²) in [5.41, 5.74) is 1.22. The highest BCUT2D eigenvalue weighted by atomic mass is 16.5. The standard InChI is InChI=1S/C6H11O/c1-4-6(2)5-7-3/h4H,3,5H2,1-2H3.